The number of aromatic nitrogens is 2. The fourth-order valence-corrected chi connectivity index (χ4v) is 1.39. The van der Waals surface area contributed by atoms with Gasteiger partial charge in [-0.3, -0.25) is 9.89 Å². The van der Waals surface area contributed by atoms with Gasteiger partial charge in [0, 0.05) is 11.1 Å². The first kappa shape index (κ1) is 10.8. The number of hydrogen-bond acceptors (Lipinski definition) is 2. The molecule has 0 fully saturated rings. The summed E-state index contributed by atoms with van der Waals surface area (Å²) in [5, 5.41) is 6.76. The second kappa shape index (κ2) is 3.82. The van der Waals surface area contributed by atoms with Gasteiger partial charge in [-0.15, -0.1) is 0 Å². The Kier molecular flexibility index (Phi) is 2.93. The normalized spacial score (nSPS) is 11.6. The first-order valence-electron chi connectivity index (χ1n) is 4.89. The minimum Gasteiger partial charge on any atom is -0.364 e. The van der Waals surface area contributed by atoms with Crippen molar-refractivity contribution in [2.75, 3.05) is 0 Å². The summed E-state index contributed by atoms with van der Waals surface area (Å²) in [5.41, 5.74) is 6.48. The third kappa shape index (κ3) is 1.78. The average Bonchev–Trinajstić information content (AvgIpc) is 2.66. The Bertz CT molecular complexity index is 326. The average molecular weight is 195 g/mol. The SMILES string of the molecule is CCC(C)(CC)c1cc(C(N)=O)n[nH]1. The van der Waals surface area contributed by atoms with Gasteiger partial charge < -0.3 is 5.73 Å². The fourth-order valence-electron chi connectivity index (χ4n) is 1.39. The van der Waals surface area contributed by atoms with Crippen molar-refractivity contribution in [3.63, 3.8) is 0 Å². The zero-order chi connectivity index (χ0) is 10.8. The minimum absolute atomic E-state index is 0.0562. The van der Waals surface area contributed by atoms with Crippen LogP contribution in [0, 0.1) is 0 Å². The van der Waals surface area contributed by atoms with Crippen molar-refractivity contribution in [1.29, 1.82) is 0 Å². The van der Waals surface area contributed by atoms with E-state index in [2.05, 4.69) is 31.0 Å². The van der Waals surface area contributed by atoms with Crippen LogP contribution in [0.25, 0.3) is 0 Å². The van der Waals surface area contributed by atoms with Gasteiger partial charge in [0.15, 0.2) is 0 Å². The molecule has 0 aliphatic carbocycles. The Morgan fingerprint density at radius 3 is 2.50 bits per heavy atom. The number of carbonyl (C=O) groups is 1. The van der Waals surface area contributed by atoms with E-state index in [0.29, 0.717) is 5.69 Å². The van der Waals surface area contributed by atoms with E-state index >= 15 is 0 Å². The summed E-state index contributed by atoms with van der Waals surface area (Å²) >= 11 is 0. The van der Waals surface area contributed by atoms with Gasteiger partial charge in [-0.05, 0) is 18.9 Å². The van der Waals surface area contributed by atoms with Crippen molar-refractivity contribution in [2.24, 2.45) is 5.73 Å². The molecule has 0 unspecified atom stereocenters. The number of H-pyrrole nitrogens is 1. The largest absolute Gasteiger partial charge is 0.364 e. The monoisotopic (exact) mass is 195 g/mol. The van der Waals surface area contributed by atoms with Crippen LogP contribution in [0.5, 0.6) is 0 Å². The van der Waals surface area contributed by atoms with E-state index in [0.717, 1.165) is 18.5 Å². The van der Waals surface area contributed by atoms with Crippen molar-refractivity contribution in [3.05, 3.63) is 17.5 Å². The van der Waals surface area contributed by atoms with E-state index in [1.54, 1.807) is 6.07 Å². The Morgan fingerprint density at radius 2 is 2.14 bits per heavy atom. The molecule has 0 saturated carbocycles. The van der Waals surface area contributed by atoms with Crippen molar-refractivity contribution in [3.8, 4) is 0 Å². The van der Waals surface area contributed by atoms with Gasteiger partial charge in [-0.1, -0.05) is 20.8 Å². The summed E-state index contributed by atoms with van der Waals surface area (Å²) < 4.78 is 0. The zero-order valence-electron chi connectivity index (χ0n) is 8.92. The van der Waals surface area contributed by atoms with E-state index in [9.17, 15) is 4.79 Å². The Morgan fingerprint density at radius 1 is 1.57 bits per heavy atom. The van der Waals surface area contributed by atoms with Crippen molar-refractivity contribution in [1.82, 2.24) is 10.2 Å². The maximum absolute atomic E-state index is 10.9. The van der Waals surface area contributed by atoms with Crippen molar-refractivity contribution in [2.45, 2.75) is 39.0 Å². The number of carbonyl (C=O) groups excluding carboxylic acids is 1. The number of rotatable bonds is 4. The molecule has 0 bridgehead atoms. The summed E-state index contributed by atoms with van der Waals surface area (Å²) in [6.45, 7) is 6.38. The molecule has 0 saturated heterocycles. The number of hydrogen-bond donors (Lipinski definition) is 2. The summed E-state index contributed by atoms with van der Waals surface area (Å²) in [7, 11) is 0. The summed E-state index contributed by atoms with van der Waals surface area (Å²) in [6, 6.07) is 1.75. The van der Waals surface area contributed by atoms with Gasteiger partial charge in [-0.2, -0.15) is 5.10 Å². The van der Waals surface area contributed by atoms with Crippen molar-refractivity contribution >= 4 is 5.91 Å². The molecular weight excluding hydrogens is 178 g/mol. The second-order valence-corrected chi connectivity index (χ2v) is 3.80. The number of nitrogens with two attached hydrogens (primary N) is 1. The lowest BCUT2D eigenvalue weighted by Crippen LogP contribution is -2.20. The lowest BCUT2D eigenvalue weighted by molar-refractivity contribution is 0.0995. The van der Waals surface area contributed by atoms with Crippen LogP contribution in [-0.4, -0.2) is 16.1 Å². The van der Waals surface area contributed by atoms with Crippen LogP contribution in [0.3, 0.4) is 0 Å². The molecule has 3 N–H and O–H groups in total. The van der Waals surface area contributed by atoms with Crippen LogP contribution in [0.15, 0.2) is 6.07 Å². The van der Waals surface area contributed by atoms with Crippen LogP contribution < -0.4 is 5.73 Å². The number of aromatic amines is 1. The van der Waals surface area contributed by atoms with E-state index in [-0.39, 0.29) is 5.41 Å². The topological polar surface area (TPSA) is 71.8 Å². The highest BCUT2D eigenvalue weighted by molar-refractivity contribution is 5.90. The molecule has 14 heavy (non-hydrogen) atoms. The van der Waals surface area contributed by atoms with E-state index < -0.39 is 5.91 Å². The highest BCUT2D eigenvalue weighted by Crippen LogP contribution is 2.29. The molecule has 1 aromatic rings. The van der Waals surface area contributed by atoms with Crippen molar-refractivity contribution < 1.29 is 4.79 Å². The van der Waals surface area contributed by atoms with E-state index in [1.165, 1.54) is 0 Å². The van der Waals surface area contributed by atoms with Gasteiger partial charge in [0.1, 0.15) is 5.69 Å². The quantitative estimate of drug-likeness (QED) is 0.765. The maximum atomic E-state index is 10.9. The second-order valence-electron chi connectivity index (χ2n) is 3.80. The smallest absolute Gasteiger partial charge is 0.269 e. The van der Waals surface area contributed by atoms with Gasteiger partial charge in [0.2, 0.25) is 0 Å². The molecular formula is C10H17N3O. The molecule has 0 aromatic carbocycles. The number of nitrogens with zero attached hydrogens (tertiary/aromatic N) is 1. The molecule has 78 valence electrons. The molecule has 4 nitrogen and oxygen atoms in total. The highest BCUT2D eigenvalue weighted by Gasteiger charge is 2.25. The number of primary amides is 1. The van der Waals surface area contributed by atoms with Crippen LogP contribution in [0.2, 0.25) is 0 Å². The molecule has 1 rings (SSSR count). The lowest BCUT2D eigenvalue weighted by Gasteiger charge is -2.24. The fraction of sp³-hybridized carbons (Fsp3) is 0.600. The Labute approximate surface area is 83.9 Å². The van der Waals surface area contributed by atoms with Crippen LogP contribution in [-0.2, 0) is 5.41 Å². The molecule has 1 amide bonds. The molecule has 0 spiro atoms. The third-order valence-corrected chi connectivity index (χ3v) is 3.04. The van der Waals surface area contributed by atoms with Gasteiger partial charge in [0.25, 0.3) is 5.91 Å². The first-order chi connectivity index (χ1) is 6.53. The summed E-state index contributed by atoms with van der Waals surface area (Å²) in [5.74, 6) is -0.484. The van der Waals surface area contributed by atoms with Crippen LogP contribution in [0.1, 0.15) is 49.8 Å². The summed E-state index contributed by atoms with van der Waals surface area (Å²) in [6.07, 6.45) is 2.01. The van der Waals surface area contributed by atoms with Gasteiger partial charge in [-0.25, -0.2) is 0 Å². The molecule has 1 aromatic heterocycles. The minimum atomic E-state index is -0.484. The Hall–Kier alpha value is -1.32. The highest BCUT2D eigenvalue weighted by atomic mass is 16.1. The van der Waals surface area contributed by atoms with E-state index in [4.69, 9.17) is 5.73 Å². The molecule has 1 heterocycles. The lowest BCUT2D eigenvalue weighted by atomic mass is 9.81. The standard InChI is InChI=1S/C10H17N3O/c1-4-10(3,5-2)8-6-7(9(11)14)12-13-8/h6H,4-5H2,1-3H3,(H2,11,14)(H,12,13). The molecule has 0 aliphatic heterocycles. The molecule has 0 aliphatic rings. The molecule has 4 heteroatoms. The van der Waals surface area contributed by atoms with Gasteiger partial charge >= 0.3 is 0 Å². The summed E-state index contributed by atoms with van der Waals surface area (Å²) in [4.78, 5) is 10.9. The third-order valence-electron chi connectivity index (χ3n) is 3.04. The number of nitrogens with one attached hydrogen (secondary N) is 1. The predicted molar refractivity (Wildman–Crippen MR) is 55.0 cm³/mol. The zero-order valence-corrected chi connectivity index (χ0v) is 8.92. The first-order valence-corrected chi connectivity index (χ1v) is 4.89. The molecule has 0 atom stereocenters. The molecule has 0 radical (unpaired) electrons. The predicted octanol–water partition coefficient (Wildman–Crippen LogP) is 1.59. The van der Waals surface area contributed by atoms with Crippen LogP contribution >= 0.6 is 0 Å². The number of amides is 1. The van der Waals surface area contributed by atoms with E-state index in [1.807, 2.05) is 0 Å². The van der Waals surface area contributed by atoms with Gasteiger partial charge in [0.05, 0.1) is 0 Å². The van der Waals surface area contributed by atoms with Crippen LogP contribution in [0.4, 0.5) is 0 Å². The Balaban J connectivity index is 3.01. The maximum Gasteiger partial charge on any atom is 0.269 e.